The van der Waals surface area contributed by atoms with E-state index in [0.29, 0.717) is 11.3 Å². The van der Waals surface area contributed by atoms with Gasteiger partial charge in [0.05, 0.1) is 16.6 Å². The third-order valence-corrected chi connectivity index (χ3v) is 5.20. The molecule has 3 rings (SSSR count). The van der Waals surface area contributed by atoms with Crippen molar-refractivity contribution < 1.29 is 26.3 Å². The third kappa shape index (κ3) is 5.08. The highest BCUT2D eigenvalue weighted by atomic mass is 32.2. The molecule has 146 valence electrons. The molecule has 5 nitrogen and oxygen atoms in total. The van der Waals surface area contributed by atoms with Gasteiger partial charge in [-0.05, 0) is 42.0 Å². The molecule has 0 saturated heterocycles. The highest BCUT2D eigenvalue weighted by Gasteiger charge is 2.31. The summed E-state index contributed by atoms with van der Waals surface area (Å²) in [7, 11) is -4.04. The lowest BCUT2D eigenvalue weighted by molar-refractivity contribution is -0.274. The fraction of sp³-hybridized carbons (Fsp3) is 0.105. The molecule has 0 spiro atoms. The summed E-state index contributed by atoms with van der Waals surface area (Å²) in [5, 5.41) is 0. The fourth-order valence-electron chi connectivity index (χ4n) is 2.54. The second-order valence-electron chi connectivity index (χ2n) is 5.74. The first-order valence-corrected chi connectivity index (χ1v) is 9.57. The summed E-state index contributed by atoms with van der Waals surface area (Å²) >= 11 is 0. The van der Waals surface area contributed by atoms with Gasteiger partial charge in [0.2, 0.25) is 10.0 Å². The number of halogens is 3. The summed E-state index contributed by atoms with van der Waals surface area (Å²) in [5.41, 5.74) is 1.15. The number of nitrogens with zero attached hydrogens (tertiary/aromatic N) is 1. The minimum absolute atomic E-state index is 0.195. The number of nitrogens with one attached hydrogen (secondary N) is 1. The first-order valence-electron chi connectivity index (χ1n) is 8.09. The van der Waals surface area contributed by atoms with E-state index in [0.717, 1.165) is 24.3 Å². The van der Waals surface area contributed by atoms with Crippen molar-refractivity contribution in [3.05, 3.63) is 90.3 Å². The Morgan fingerprint density at radius 2 is 1.54 bits per heavy atom. The molecular formula is C19H15F3N2O3S. The Kier molecular flexibility index (Phi) is 5.66. The molecule has 0 aliphatic rings. The third-order valence-electron chi connectivity index (χ3n) is 3.76. The average molecular weight is 408 g/mol. The molecule has 3 aromatic rings. The van der Waals surface area contributed by atoms with Crippen LogP contribution >= 0.6 is 0 Å². The van der Waals surface area contributed by atoms with Crippen LogP contribution in [0.25, 0.3) is 0 Å². The molecule has 1 atom stereocenters. The van der Waals surface area contributed by atoms with Gasteiger partial charge in [-0.3, -0.25) is 4.98 Å². The van der Waals surface area contributed by atoms with Crippen molar-refractivity contribution in [1.29, 1.82) is 0 Å². The summed E-state index contributed by atoms with van der Waals surface area (Å²) in [4.78, 5) is 4.02. The number of hydrogen-bond acceptors (Lipinski definition) is 4. The average Bonchev–Trinajstić information content (AvgIpc) is 2.67. The smallest absolute Gasteiger partial charge is 0.406 e. The Labute approximate surface area is 159 Å². The van der Waals surface area contributed by atoms with Gasteiger partial charge in [-0.25, -0.2) is 8.42 Å². The van der Waals surface area contributed by atoms with E-state index in [1.165, 1.54) is 0 Å². The molecule has 0 fully saturated rings. The molecule has 28 heavy (non-hydrogen) atoms. The second kappa shape index (κ2) is 7.99. The Bertz CT molecular complexity index is 970. The van der Waals surface area contributed by atoms with Gasteiger partial charge < -0.3 is 4.74 Å². The van der Waals surface area contributed by atoms with Crippen LogP contribution in [0.15, 0.2) is 83.9 Å². The number of alkyl halides is 3. The minimum atomic E-state index is -4.85. The molecule has 1 unspecified atom stereocenters. The Morgan fingerprint density at radius 1 is 0.893 bits per heavy atom. The highest BCUT2D eigenvalue weighted by Crippen LogP contribution is 2.26. The van der Waals surface area contributed by atoms with Crippen LogP contribution in [0.1, 0.15) is 17.3 Å². The fourth-order valence-corrected chi connectivity index (χ4v) is 3.73. The number of aromatic nitrogens is 1. The Hall–Kier alpha value is -2.91. The number of rotatable bonds is 6. The zero-order valence-electron chi connectivity index (χ0n) is 14.3. The molecule has 0 aliphatic carbocycles. The number of benzene rings is 2. The molecule has 1 N–H and O–H groups in total. The molecule has 0 aliphatic heterocycles. The highest BCUT2D eigenvalue weighted by molar-refractivity contribution is 7.89. The molecular weight excluding hydrogens is 393 g/mol. The van der Waals surface area contributed by atoms with Crippen molar-refractivity contribution in [2.24, 2.45) is 0 Å². The van der Waals surface area contributed by atoms with Crippen LogP contribution in [0.2, 0.25) is 0 Å². The van der Waals surface area contributed by atoms with Crippen molar-refractivity contribution in [2.45, 2.75) is 17.3 Å². The van der Waals surface area contributed by atoms with E-state index in [1.54, 1.807) is 54.7 Å². The first kappa shape index (κ1) is 19.8. The van der Waals surface area contributed by atoms with E-state index in [4.69, 9.17) is 0 Å². The predicted molar refractivity (Wildman–Crippen MR) is 96.0 cm³/mol. The van der Waals surface area contributed by atoms with E-state index in [9.17, 15) is 21.6 Å². The van der Waals surface area contributed by atoms with Gasteiger partial charge in [0, 0.05) is 6.20 Å². The van der Waals surface area contributed by atoms with Crippen molar-refractivity contribution in [2.75, 3.05) is 0 Å². The molecule has 9 heteroatoms. The van der Waals surface area contributed by atoms with E-state index in [2.05, 4.69) is 14.4 Å². The zero-order valence-corrected chi connectivity index (χ0v) is 15.1. The number of ether oxygens (including phenoxy) is 1. The number of hydrogen-bond donors (Lipinski definition) is 1. The minimum Gasteiger partial charge on any atom is -0.406 e. The quantitative estimate of drug-likeness (QED) is 0.668. The maximum atomic E-state index is 12.8. The molecule has 0 saturated carbocycles. The molecule has 1 aromatic heterocycles. The topological polar surface area (TPSA) is 68.3 Å². The largest absolute Gasteiger partial charge is 0.573 e. The maximum absolute atomic E-state index is 12.8. The molecule has 2 aromatic carbocycles. The summed E-state index contributed by atoms with van der Waals surface area (Å²) < 4.78 is 68.7. The van der Waals surface area contributed by atoms with Crippen LogP contribution in [0.3, 0.4) is 0 Å². The predicted octanol–water partition coefficient (Wildman–Crippen LogP) is 4.05. The van der Waals surface area contributed by atoms with Crippen molar-refractivity contribution in [3.8, 4) is 5.75 Å². The molecule has 0 amide bonds. The maximum Gasteiger partial charge on any atom is 0.573 e. The Balaban J connectivity index is 1.90. The van der Waals surface area contributed by atoms with Gasteiger partial charge in [-0.15, -0.1) is 13.2 Å². The zero-order chi connectivity index (χ0) is 20.2. The van der Waals surface area contributed by atoms with E-state index in [1.807, 2.05) is 0 Å². The van der Waals surface area contributed by atoms with Crippen molar-refractivity contribution in [1.82, 2.24) is 9.71 Å². The van der Waals surface area contributed by atoms with Crippen LogP contribution in [-0.4, -0.2) is 19.8 Å². The van der Waals surface area contributed by atoms with Crippen LogP contribution < -0.4 is 9.46 Å². The lowest BCUT2D eigenvalue weighted by Gasteiger charge is -2.19. The molecule has 0 radical (unpaired) electrons. The van der Waals surface area contributed by atoms with Crippen LogP contribution in [0.5, 0.6) is 5.75 Å². The summed E-state index contributed by atoms with van der Waals surface area (Å²) in [6.07, 6.45) is -3.31. The van der Waals surface area contributed by atoms with Gasteiger partial charge in [0.1, 0.15) is 5.75 Å². The van der Waals surface area contributed by atoms with Crippen LogP contribution in [0, 0.1) is 0 Å². The van der Waals surface area contributed by atoms with E-state index >= 15 is 0 Å². The Morgan fingerprint density at radius 3 is 2.11 bits per heavy atom. The van der Waals surface area contributed by atoms with E-state index in [-0.39, 0.29) is 4.90 Å². The number of sulfonamides is 1. The molecule has 0 bridgehead atoms. The van der Waals surface area contributed by atoms with Crippen LogP contribution in [-0.2, 0) is 10.0 Å². The van der Waals surface area contributed by atoms with Gasteiger partial charge in [-0.2, -0.15) is 4.72 Å². The normalized spacial score (nSPS) is 13.1. The molecule has 1 heterocycles. The van der Waals surface area contributed by atoms with Gasteiger partial charge in [-0.1, -0.05) is 36.4 Å². The van der Waals surface area contributed by atoms with Gasteiger partial charge in [0.25, 0.3) is 0 Å². The summed E-state index contributed by atoms with van der Waals surface area (Å²) in [5.74, 6) is -0.504. The van der Waals surface area contributed by atoms with Crippen molar-refractivity contribution >= 4 is 10.0 Å². The first-order chi connectivity index (χ1) is 13.2. The SMILES string of the molecule is O=S(=O)(NC(c1ccccc1)c1ccccn1)c1ccc(OC(F)(F)F)cc1. The summed E-state index contributed by atoms with van der Waals surface area (Å²) in [6.45, 7) is 0. The standard InChI is InChI=1S/C19H15F3N2O3S/c20-19(21,22)27-15-9-11-16(12-10-15)28(25,26)24-18(14-6-2-1-3-7-14)17-8-4-5-13-23-17/h1-13,18,24H. The van der Waals surface area contributed by atoms with Gasteiger partial charge >= 0.3 is 6.36 Å². The second-order valence-corrected chi connectivity index (χ2v) is 7.45. The van der Waals surface area contributed by atoms with E-state index < -0.39 is 28.2 Å². The van der Waals surface area contributed by atoms with Gasteiger partial charge in [0.15, 0.2) is 0 Å². The lowest BCUT2D eigenvalue weighted by atomic mass is 10.0. The monoisotopic (exact) mass is 408 g/mol. The lowest BCUT2D eigenvalue weighted by Crippen LogP contribution is -2.30. The van der Waals surface area contributed by atoms with Crippen molar-refractivity contribution in [3.63, 3.8) is 0 Å². The number of pyridine rings is 1. The summed E-state index contributed by atoms with van der Waals surface area (Å²) in [6, 6.07) is 17.2. The van der Waals surface area contributed by atoms with Crippen LogP contribution in [0.4, 0.5) is 13.2 Å².